The average molecular weight is 514 g/mol. The average Bonchev–Trinajstić information content (AvgIpc) is 2.28. The van der Waals surface area contributed by atoms with E-state index in [9.17, 15) is 0 Å². The zero-order valence-corrected chi connectivity index (χ0v) is 16.3. The molecule has 0 saturated heterocycles. The van der Waals surface area contributed by atoms with E-state index in [1.54, 1.807) is 0 Å². The van der Waals surface area contributed by atoms with Crippen molar-refractivity contribution in [2.45, 2.75) is 0 Å². The Balaban J connectivity index is 0.00000180. The lowest BCUT2D eigenvalue weighted by Gasteiger charge is -2.08. The van der Waals surface area contributed by atoms with E-state index in [1.807, 2.05) is 72.3 Å². The number of hydrogen-bond acceptors (Lipinski definition) is 1. The van der Waals surface area contributed by atoms with Gasteiger partial charge in [-0.25, -0.2) is 9.13 Å². The van der Waals surface area contributed by atoms with Gasteiger partial charge in [0.2, 0.25) is 0 Å². The third-order valence-corrected chi connectivity index (χ3v) is 2.60. The molecule has 2 rings (SSSR count). The van der Waals surface area contributed by atoms with E-state index in [2.05, 4.69) is 10.6 Å². The summed E-state index contributed by atoms with van der Waals surface area (Å²) in [6, 6.07) is 7.87. The largest absolute Gasteiger partial charge is 1.00 e. The molecule has 108 valence electrons. The number of nitrogens with zero attached hydrogens (tertiary/aromatic N) is 2. The third kappa shape index (κ3) is 6.27. The highest BCUT2D eigenvalue weighted by Crippen LogP contribution is 2.05. The zero-order valence-electron chi connectivity index (χ0n) is 11.2. The van der Waals surface area contributed by atoms with Crippen molar-refractivity contribution in [1.29, 1.82) is 0 Å². The van der Waals surface area contributed by atoms with E-state index in [-0.39, 0.29) is 48.0 Å². The van der Waals surface area contributed by atoms with Crippen LogP contribution >= 0.6 is 12.2 Å². The molecule has 0 radical (unpaired) electrons. The molecule has 2 aromatic rings. The van der Waals surface area contributed by atoms with Gasteiger partial charge in [0, 0.05) is 12.1 Å². The molecule has 2 heterocycles. The van der Waals surface area contributed by atoms with Crippen LogP contribution < -0.4 is 67.7 Å². The minimum atomic E-state index is 0. The standard InChI is InChI=1S/C13H15N4S.2HI/c1-16-7-3-5-11(9-16)14-13(18)15-12-6-4-8-17(2)10-12;;/h3-10H,1-2H3,(H-,14,15,18);2*1H/q+1;;/p-1. The smallest absolute Gasteiger partial charge is 0.192 e. The van der Waals surface area contributed by atoms with E-state index in [0.717, 1.165) is 11.4 Å². The zero-order chi connectivity index (χ0) is 13.0. The molecule has 0 fully saturated rings. The Bertz CT molecular complexity index is 528. The molecule has 4 nitrogen and oxygen atoms in total. The Morgan fingerprint density at radius 2 is 1.30 bits per heavy atom. The van der Waals surface area contributed by atoms with Crippen molar-refractivity contribution in [3.8, 4) is 0 Å². The number of aryl methyl sites for hydroxylation is 2. The Kier molecular flexibility index (Phi) is 9.14. The maximum absolute atomic E-state index is 5.26. The van der Waals surface area contributed by atoms with Crippen LogP contribution in [-0.2, 0) is 14.1 Å². The molecule has 0 spiro atoms. The maximum Gasteiger partial charge on any atom is 0.192 e. The first-order chi connectivity index (χ1) is 8.63. The predicted molar refractivity (Wildman–Crippen MR) is 75.1 cm³/mol. The lowest BCUT2D eigenvalue weighted by Crippen LogP contribution is -3.00. The monoisotopic (exact) mass is 514 g/mol. The number of pyridine rings is 2. The fourth-order valence-corrected chi connectivity index (χ4v) is 1.85. The Labute approximate surface area is 158 Å². The fraction of sp³-hybridized carbons (Fsp3) is 0.154. The van der Waals surface area contributed by atoms with Gasteiger partial charge in [0.1, 0.15) is 25.5 Å². The minimum absolute atomic E-state index is 0. The summed E-state index contributed by atoms with van der Waals surface area (Å²) in [4.78, 5) is 0. The first kappa shape index (κ1) is 19.4. The van der Waals surface area contributed by atoms with Gasteiger partial charge in [0.05, 0.1) is 0 Å². The van der Waals surface area contributed by atoms with Crippen LogP contribution in [0.4, 0.5) is 11.4 Å². The molecule has 0 bridgehead atoms. The van der Waals surface area contributed by atoms with Crippen LogP contribution in [-0.4, -0.2) is 5.11 Å². The summed E-state index contributed by atoms with van der Waals surface area (Å²) in [7, 11) is 3.94. The lowest BCUT2D eigenvalue weighted by atomic mass is 10.4. The van der Waals surface area contributed by atoms with Crippen molar-refractivity contribution in [3.05, 3.63) is 49.1 Å². The highest BCUT2D eigenvalue weighted by atomic mass is 127. The van der Waals surface area contributed by atoms with Gasteiger partial charge in [-0.05, 0) is 24.4 Å². The van der Waals surface area contributed by atoms with E-state index in [4.69, 9.17) is 12.2 Å². The second kappa shape index (κ2) is 9.40. The van der Waals surface area contributed by atoms with Crippen LogP contribution in [0.3, 0.4) is 0 Å². The minimum Gasteiger partial charge on any atom is -1.00 e. The number of hydrogen-bond donors (Lipinski definition) is 2. The van der Waals surface area contributed by atoms with Gasteiger partial charge in [0.15, 0.2) is 29.9 Å². The second-order valence-electron chi connectivity index (χ2n) is 4.10. The van der Waals surface area contributed by atoms with Gasteiger partial charge in [-0.3, -0.25) is 0 Å². The van der Waals surface area contributed by atoms with Crippen molar-refractivity contribution in [3.63, 3.8) is 0 Å². The molecule has 0 amide bonds. The summed E-state index contributed by atoms with van der Waals surface area (Å²) < 4.78 is 3.93. The van der Waals surface area contributed by atoms with Crippen LogP contribution in [0.15, 0.2) is 49.1 Å². The van der Waals surface area contributed by atoms with Crippen LogP contribution in [0, 0.1) is 0 Å². The van der Waals surface area contributed by atoms with E-state index in [0.29, 0.717) is 5.11 Å². The van der Waals surface area contributed by atoms with Crippen LogP contribution in [0.25, 0.3) is 0 Å². The summed E-state index contributed by atoms with van der Waals surface area (Å²) in [5.41, 5.74) is 1.91. The van der Waals surface area contributed by atoms with Crippen LogP contribution in [0.1, 0.15) is 0 Å². The van der Waals surface area contributed by atoms with E-state index < -0.39 is 0 Å². The van der Waals surface area contributed by atoms with Crippen molar-refractivity contribution in [1.82, 2.24) is 0 Å². The van der Waals surface area contributed by atoms with Gasteiger partial charge in [-0.2, -0.15) is 0 Å². The molecule has 0 atom stereocenters. The molecule has 0 saturated carbocycles. The number of anilines is 2. The van der Waals surface area contributed by atoms with Crippen molar-refractivity contribution in [2.75, 3.05) is 10.6 Å². The molecule has 0 unspecified atom stereocenters. The molecule has 2 aromatic heterocycles. The van der Waals surface area contributed by atoms with Gasteiger partial charge in [-0.1, -0.05) is 0 Å². The highest BCUT2D eigenvalue weighted by molar-refractivity contribution is 7.80. The quantitative estimate of drug-likeness (QED) is 0.240. The SMILES string of the molecule is C[n+]1cccc(NC(=S)Nc2ccc[n+](C)c2)c1.[I-].[I-]. The summed E-state index contributed by atoms with van der Waals surface area (Å²) >= 11 is 5.26. The van der Waals surface area contributed by atoms with Crippen molar-refractivity contribution < 1.29 is 57.1 Å². The van der Waals surface area contributed by atoms with Gasteiger partial charge in [0.25, 0.3) is 0 Å². The third-order valence-electron chi connectivity index (χ3n) is 2.40. The lowest BCUT2D eigenvalue weighted by molar-refractivity contribution is -0.670. The molecule has 20 heavy (non-hydrogen) atoms. The highest BCUT2D eigenvalue weighted by Gasteiger charge is 2.03. The normalized spacial score (nSPS) is 8.90. The molecule has 0 aliphatic heterocycles. The molecular formula is C13H16I2N4S. The Morgan fingerprint density at radius 3 is 1.65 bits per heavy atom. The molecule has 0 aliphatic carbocycles. The summed E-state index contributed by atoms with van der Waals surface area (Å²) in [6.45, 7) is 0. The van der Waals surface area contributed by atoms with Gasteiger partial charge in [-0.15, -0.1) is 0 Å². The van der Waals surface area contributed by atoms with E-state index >= 15 is 0 Å². The topological polar surface area (TPSA) is 31.8 Å². The number of rotatable bonds is 2. The first-order valence-corrected chi connectivity index (χ1v) is 6.03. The predicted octanol–water partition coefficient (Wildman–Crippen LogP) is -4.85. The van der Waals surface area contributed by atoms with Crippen LogP contribution in [0.2, 0.25) is 0 Å². The maximum atomic E-state index is 5.26. The molecule has 2 N–H and O–H groups in total. The van der Waals surface area contributed by atoms with Crippen molar-refractivity contribution in [2.24, 2.45) is 14.1 Å². The van der Waals surface area contributed by atoms with E-state index in [1.165, 1.54) is 0 Å². The summed E-state index contributed by atoms with van der Waals surface area (Å²) in [6.07, 6.45) is 7.88. The van der Waals surface area contributed by atoms with Crippen molar-refractivity contribution >= 4 is 28.7 Å². The number of nitrogens with one attached hydrogen (secondary N) is 2. The van der Waals surface area contributed by atoms with Gasteiger partial charge < -0.3 is 58.6 Å². The van der Waals surface area contributed by atoms with Crippen LogP contribution in [0.5, 0.6) is 0 Å². The first-order valence-electron chi connectivity index (χ1n) is 5.62. The molecule has 0 aromatic carbocycles. The molecular weight excluding hydrogens is 498 g/mol. The molecule has 7 heteroatoms. The number of halogens is 2. The number of thiocarbonyl (C=S) groups is 1. The molecule has 0 aliphatic rings. The van der Waals surface area contributed by atoms with Gasteiger partial charge >= 0.3 is 0 Å². The summed E-state index contributed by atoms with van der Waals surface area (Å²) in [5, 5.41) is 6.86. The number of aromatic nitrogens is 2. The fourth-order valence-electron chi connectivity index (χ4n) is 1.62. The second-order valence-corrected chi connectivity index (χ2v) is 4.50. The Morgan fingerprint density at radius 1 is 0.900 bits per heavy atom. The Hall–Kier alpha value is -0.550. The summed E-state index contributed by atoms with van der Waals surface area (Å²) in [5.74, 6) is 0.